The molecular weight excluding hydrogens is 105 g/mol. The highest BCUT2D eigenvalue weighted by Gasteiger charge is 1.63. The van der Waals surface area contributed by atoms with Crippen molar-refractivity contribution in [3.63, 3.8) is 0 Å². The van der Waals surface area contributed by atoms with Crippen LogP contribution >= 0.6 is 20.8 Å². The molecule has 0 fully saturated rings. The Morgan fingerprint density at radius 1 is 2.00 bits per heavy atom. The largest absolute Gasteiger partial charge is 0.480 e. The molecule has 26 valence electrons. The fraction of sp³-hybridized carbons (Fsp3) is 0. The summed E-state index contributed by atoms with van der Waals surface area (Å²) in [6, 6.07) is 0. The average molecular weight is 106 g/mol. The lowest BCUT2D eigenvalue weighted by atomic mass is 11.8. The zero-order chi connectivity index (χ0) is 4.12. The van der Waals surface area contributed by atoms with Crippen LogP contribution in [-0.4, -0.2) is 5.16 Å². The maximum atomic E-state index is 9.26. The van der Waals surface area contributed by atoms with Crippen LogP contribution < -0.4 is 0 Å². The van der Waals surface area contributed by atoms with Gasteiger partial charge in [-0.25, -0.2) is 0 Å². The Labute approximate surface area is 36.2 Å². The summed E-state index contributed by atoms with van der Waals surface area (Å²) in [6.07, 6.45) is 0. The summed E-state index contributed by atoms with van der Waals surface area (Å²) in [5.41, 5.74) is 0. The van der Waals surface area contributed by atoms with Crippen LogP contribution in [0, 0.1) is 0 Å². The topological polar surface area (TPSA) is 29.4 Å². The predicted molar refractivity (Wildman–Crippen MR) is 24.0 cm³/mol. The Kier molecular flexibility index (Phi) is 3.82. The maximum Gasteiger partial charge on any atom is 0.480 e. The summed E-state index contributed by atoms with van der Waals surface area (Å²) in [7, 11) is -0.682. The Morgan fingerprint density at radius 2 is 2.60 bits per heavy atom. The van der Waals surface area contributed by atoms with Crippen molar-refractivity contribution in [3.8, 4) is 0 Å². The zero-order valence-electron chi connectivity index (χ0n) is 2.26. The van der Waals surface area contributed by atoms with Gasteiger partial charge in [0.2, 0.25) is 0 Å². The molecule has 0 N–H and O–H groups in total. The van der Waals surface area contributed by atoms with Crippen LogP contribution in [0.1, 0.15) is 0 Å². The molecule has 2 nitrogen and oxygen atoms in total. The fourth-order valence-corrected chi connectivity index (χ4v) is 0.168. The summed E-state index contributed by atoms with van der Waals surface area (Å²) in [6.45, 7) is 0. The number of nitrogens with zero attached hydrogens (tertiary/aromatic N) is 1. The molecule has 0 aromatic rings. The molecule has 0 aliphatic rings. The van der Waals surface area contributed by atoms with Gasteiger partial charge in [-0.1, -0.05) is 0 Å². The number of thiocarbonyl (C=S) groups is 1. The minimum atomic E-state index is -0.682. The van der Waals surface area contributed by atoms with Gasteiger partial charge in [-0.2, -0.15) is 0 Å². The van der Waals surface area contributed by atoms with E-state index in [2.05, 4.69) is 17.0 Å². The second kappa shape index (κ2) is 3.90. The Balaban J connectivity index is 3.31. The molecule has 0 rings (SSSR count). The van der Waals surface area contributed by atoms with Crippen LogP contribution in [0.25, 0.3) is 0 Å². The molecule has 1 atom stereocenters. The Morgan fingerprint density at radius 3 is 2.60 bits per heavy atom. The van der Waals surface area contributed by atoms with Gasteiger partial charge in [-0.05, 0) is 16.8 Å². The molecule has 0 aromatic carbocycles. The number of hydrogen-bond donors (Lipinski definition) is 0. The Hall–Kier alpha value is -0.100. The van der Waals surface area contributed by atoms with Crippen LogP contribution in [-0.2, 0) is 4.57 Å². The van der Waals surface area contributed by atoms with Crippen LogP contribution in [0.4, 0.5) is 0 Å². The molecule has 0 bridgehead atoms. The van der Waals surface area contributed by atoms with E-state index in [0.29, 0.717) is 0 Å². The lowest BCUT2D eigenvalue weighted by molar-refractivity contribution is 0.599. The summed E-state index contributed by atoms with van der Waals surface area (Å²) in [4.78, 5) is 0. The monoisotopic (exact) mass is 106 g/mol. The third kappa shape index (κ3) is 3.90. The van der Waals surface area contributed by atoms with Gasteiger partial charge in [0.05, 0.1) is 0 Å². The van der Waals surface area contributed by atoms with Crippen LogP contribution in [0.2, 0.25) is 0 Å². The molecule has 0 aliphatic carbocycles. The van der Waals surface area contributed by atoms with E-state index < -0.39 is 8.61 Å². The summed E-state index contributed by atoms with van der Waals surface area (Å²) in [5.74, 6) is 0. The highest BCUT2D eigenvalue weighted by Crippen LogP contribution is 1.85. The van der Waals surface area contributed by atoms with E-state index in [-0.39, 0.29) is 0 Å². The van der Waals surface area contributed by atoms with E-state index >= 15 is 0 Å². The minimum Gasteiger partial charge on any atom is -0.0434 e. The van der Waals surface area contributed by atoms with Gasteiger partial charge in [-0.3, -0.25) is 0 Å². The molecule has 5 heavy (non-hydrogen) atoms. The van der Waals surface area contributed by atoms with Gasteiger partial charge in [0.1, 0.15) is 5.16 Å². The maximum absolute atomic E-state index is 9.26. The lowest BCUT2D eigenvalue weighted by Gasteiger charge is -1.25. The van der Waals surface area contributed by atoms with Crippen molar-refractivity contribution in [2.45, 2.75) is 0 Å². The van der Waals surface area contributed by atoms with Gasteiger partial charge < -0.3 is 0 Å². The number of isothiocyanates is 1. The lowest BCUT2D eigenvalue weighted by Crippen LogP contribution is -1.20. The summed E-state index contributed by atoms with van der Waals surface area (Å²) in [5, 5.41) is 1.93. The van der Waals surface area contributed by atoms with Crippen molar-refractivity contribution in [1.82, 2.24) is 0 Å². The normalized spacial score (nSPS) is 6.40. The van der Waals surface area contributed by atoms with Crippen molar-refractivity contribution in [2.24, 2.45) is 4.76 Å². The van der Waals surface area contributed by atoms with Gasteiger partial charge in [-0.15, -0.1) is 0 Å². The van der Waals surface area contributed by atoms with E-state index in [9.17, 15) is 4.57 Å². The van der Waals surface area contributed by atoms with Crippen molar-refractivity contribution in [1.29, 1.82) is 0 Å². The number of rotatable bonds is 1. The summed E-state index contributed by atoms with van der Waals surface area (Å²) >= 11 is 4.04. The predicted octanol–water partition coefficient (Wildman–Crippen LogP) is 1.03. The molecule has 4 heteroatoms. The van der Waals surface area contributed by atoms with Gasteiger partial charge in [0.15, 0.2) is 0 Å². The highest BCUT2D eigenvalue weighted by molar-refractivity contribution is 7.78. The third-order valence-electron chi connectivity index (χ3n) is 0.0913. The van der Waals surface area contributed by atoms with Gasteiger partial charge in [0.25, 0.3) is 0 Å². The van der Waals surface area contributed by atoms with Crippen LogP contribution in [0.3, 0.4) is 0 Å². The van der Waals surface area contributed by atoms with Gasteiger partial charge in [0, 0.05) is 4.76 Å². The quantitative estimate of drug-likeness (QED) is 0.284. The van der Waals surface area contributed by atoms with Crippen molar-refractivity contribution >= 4 is 26.0 Å². The van der Waals surface area contributed by atoms with Crippen molar-refractivity contribution in [3.05, 3.63) is 0 Å². The first kappa shape index (κ1) is 4.90. The molecule has 0 aliphatic heterocycles. The molecule has 0 heterocycles. The molecular formula is CHNOPS+. The van der Waals surface area contributed by atoms with Gasteiger partial charge >= 0.3 is 8.61 Å². The zero-order valence-corrected chi connectivity index (χ0v) is 4.08. The first-order valence-electron chi connectivity index (χ1n) is 0.855. The standard InChI is InChI=1S/CNOPS/c3-4-2-1-5/p+1. The molecule has 0 aromatic heterocycles. The second-order valence-electron chi connectivity index (χ2n) is 0.294. The highest BCUT2D eigenvalue weighted by atomic mass is 32.1. The van der Waals surface area contributed by atoms with Crippen LogP contribution in [0.15, 0.2) is 4.76 Å². The van der Waals surface area contributed by atoms with E-state index in [1.807, 2.05) is 5.16 Å². The van der Waals surface area contributed by atoms with E-state index in [1.54, 1.807) is 0 Å². The second-order valence-corrected chi connectivity index (χ2v) is 0.883. The first-order chi connectivity index (χ1) is 2.41. The first-order valence-corrected chi connectivity index (χ1v) is 2.12. The van der Waals surface area contributed by atoms with Crippen LogP contribution in [0.5, 0.6) is 0 Å². The van der Waals surface area contributed by atoms with Crippen molar-refractivity contribution < 1.29 is 4.57 Å². The SMILES string of the molecule is O=[PH+]N=C=S. The average Bonchev–Trinajstić information content (AvgIpc) is 1.41. The van der Waals surface area contributed by atoms with E-state index in [0.717, 1.165) is 0 Å². The molecule has 0 saturated carbocycles. The molecule has 0 spiro atoms. The Bertz CT molecular complexity index is 75.7. The molecule has 0 radical (unpaired) electrons. The molecule has 0 saturated heterocycles. The fourth-order valence-electron chi connectivity index (χ4n) is 0.0186. The third-order valence-corrected chi connectivity index (χ3v) is 0.548. The van der Waals surface area contributed by atoms with E-state index in [1.165, 1.54) is 0 Å². The minimum absolute atomic E-state index is 0.682. The summed E-state index contributed by atoms with van der Waals surface area (Å²) < 4.78 is 12.3. The van der Waals surface area contributed by atoms with E-state index in [4.69, 9.17) is 0 Å². The van der Waals surface area contributed by atoms with Crippen molar-refractivity contribution in [2.75, 3.05) is 0 Å². The number of hydrogen-bond acceptors (Lipinski definition) is 2. The molecule has 1 unspecified atom stereocenters. The smallest absolute Gasteiger partial charge is 0.0434 e. The molecule has 0 amide bonds.